The molecule has 0 saturated carbocycles. The Morgan fingerprint density at radius 2 is 1.95 bits per heavy atom. The summed E-state index contributed by atoms with van der Waals surface area (Å²) in [5.74, 6) is -0.437. The zero-order valence-electron chi connectivity index (χ0n) is 11.6. The minimum Gasteiger partial charge on any atom is -0.465 e. The van der Waals surface area contributed by atoms with Crippen LogP contribution in [0.4, 0.5) is 17.1 Å². The van der Waals surface area contributed by atoms with E-state index in [2.05, 4.69) is 24.4 Å². The summed E-state index contributed by atoms with van der Waals surface area (Å²) in [6, 6.07) is 13.4. The van der Waals surface area contributed by atoms with Crippen LogP contribution in [0.2, 0.25) is 0 Å². The molecular weight excluding hydrogens is 252 g/mol. The molecule has 0 aromatic heterocycles. The van der Waals surface area contributed by atoms with E-state index in [1.165, 1.54) is 12.7 Å². The van der Waals surface area contributed by atoms with Crippen molar-refractivity contribution in [1.29, 1.82) is 0 Å². The smallest absolute Gasteiger partial charge is 0.340 e. The molecule has 104 valence electrons. The van der Waals surface area contributed by atoms with Crippen LogP contribution in [0.1, 0.15) is 22.8 Å². The fourth-order valence-electron chi connectivity index (χ4n) is 1.96. The van der Waals surface area contributed by atoms with Gasteiger partial charge in [0.1, 0.15) is 0 Å². The lowest BCUT2D eigenvalue weighted by Crippen LogP contribution is -2.06. The third-order valence-electron chi connectivity index (χ3n) is 3.08. The Balaban J connectivity index is 2.27. The maximum Gasteiger partial charge on any atom is 0.340 e. The second kappa shape index (κ2) is 6.10. The number of benzene rings is 2. The van der Waals surface area contributed by atoms with Crippen molar-refractivity contribution in [2.24, 2.45) is 0 Å². The summed E-state index contributed by atoms with van der Waals surface area (Å²) in [7, 11) is 1.34. The number of carbonyl (C=O) groups is 1. The molecule has 2 rings (SSSR count). The lowest BCUT2D eigenvalue weighted by Gasteiger charge is -2.10. The average Bonchev–Trinajstić information content (AvgIpc) is 2.48. The monoisotopic (exact) mass is 270 g/mol. The van der Waals surface area contributed by atoms with E-state index >= 15 is 0 Å². The maximum absolute atomic E-state index is 11.6. The van der Waals surface area contributed by atoms with Gasteiger partial charge in [-0.1, -0.05) is 19.1 Å². The summed E-state index contributed by atoms with van der Waals surface area (Å²) in [6.07, 6.45) is 0.977. The first kappa shape index (κ1) is 13.9. The highest BCUT2D eigenvalue weighted by Gasteiger charge is 2.10. The van der Waals surface area contributed by atoms with Gasteiger partial charge in [-0.25, -0.2) is 4.79 Å². The molecule has 0 amide bonds. The number of nitrogens with two attached hydrogens (primary N) is 1. The highest BCUT2D eigenvalue weighted by molar-refractivity contribution is 5.96. The number of anilines is 3. The predicted octanol–water partition coefficient (Wildman–Crippen LogP) is 3.36. The molecule has 0 heterocycles. The summed E-state index contributed by atoms with van der Waals surface area (Å²) in [6.45, 7) is 2.11. The van der Waals surface area contributed by atoms with Crippen molar-refractivity contribution in [3.05, 3.63) is 53.6 Å². The molecule has 4 heteroatoms. The van der Waals surface area contributed by atoms with Crippen LogP contribution < -0.4 is 11.1 Å². The number of nitrogens with one attached hydrogen (secondary N) is 1. The largest absolute Gasteiger partial charge is 0.465 e. The summed E-state index contributed by atoms with van der Waals surface area (Å²) in [4.78, 5) is 11.6. The van der Waals surface area contributed by atoms with Crippen molar-refractivity contribution in [3.8, 4) is 0 Å². The molecule has 0 spiro atoms. The van der Waals surface area contributed by atoms with E-state index in [1.54, 1.807) is 12.1 Å². The zero-order chi connectivity index (χ0) is 14.5. The molecule has 0 radical (unpaired) electrons. The number of hydrogen-bond donors (Lipinski definition) is 2. The molecule has 0 aliphatic carbocycles. The van der Waals surface area contributed by atoms with E-state index in [1.807, 2.05) is 18.2 Å². The number of esters is 1. The number of ether oxygens (including phenoxy) is 1. The van der Waals surface area contributed by atoms with Gasteiger partial charge in [-0.15, -0.1) is 0 Å². The fraction of sp³-hybridized carbons (Fsp3) is 0.188. The standard InChI is InChI=1S/C16H18N2O2/c1-3-11-5-4-6-12(9-11)18-13-7-8-15(17)14(10-13)16(19)20-2/h4-10,18H,3,17H2,1-2H3. The third-order valence-corrected chi connectivity index (χ3v) is 3.08. The summed E-state index contributed by atoms with van der Waals surface area (Å²) >= 11 is 0. The van der Waals surface area contributed by atoms with Gasteiger partial charge in [0, 0.05) is 17.1 Å². The van der Waals surface area contributed by atoms with Crippen molar-refractivity contribution in [2.45, 2.75) is 13.3 Å². The Bertz CT molecular complexity index is 624. The number of aryl methyl sites for hydroxylation is 1. The van der Waals surface area contributed by atoms with Gasteiger partial charge in [-0.3, -0.25) is 0 Å². The Hall–Kier alpha value is -2.49. The molecule has 20 heavy (non-hydrogen) atoms. The molecule has 0 unspecified atom stereocenters. The third kappa shape index (κ3) is 3.09. The lowest BCUT2D eigenvalue weighted by atomic mass is 10.1. The molecule has 4 nitrogen and oxygen atoms in total. The Morgan fingerprint density at radius 1 is 1.20 bits per heavy atom. The van der Waals surface area contributed by atoms with Gasteiger partial charge in [0.2, 0.25) is 0 Å². The molecule has 0 saturated heterocycles. The van der Waals surface area contributed by atoms with E-state index in [-0.39, 0.29) is 0 Å². The predicted molar refractivity (Wildman–Crippen MR) is 81.3 cm³/mol. The van der Waals surface area contributed by atoms with Gasteiger partial charge in [0.15, 0.2) is 0 Å². The van der Waals surface area contributed by atoms with Crippen molar-refractivity contribution >= 4 is 23.0 Å². The number of nitrogen functional groups attached to an aromatic ring is 1. The molecule has 0 bridgehead atoms. The van der Waals surface area contributed by atoms with E-state index in [9.17, 15) is 4.79 Å². The second-order valence-corrected chi connectivity index (χ2v) is 4.47. The highest BCUT2D eigenvalue weighted by Crippen LogP contribution is 2.23. The van der Waals surface area contributed by atoms with Crippen molar-refractivity contribution < 1.29 is 9.53 Å². The minimum atomic E-state index is -0.437. The summed E-state index contributed by atoms with van der Waals surface area (Å²) < 4.78 is 4.71. The van der Waals surface area contributed by atoms with Gasteiger partial charge in [-0.05, 0) is 42.3 Å². The Kier molecular flexibility index (Phi) is 4.25. The first-order valence-electron chi connectivity index (χ1n) is 6.48. The van der Waals surface area contributed by atoms with Crippen LogP contribution >= 0.6 is 0 Å². The first-order valence-corrected chi connectivity index (χ1v) is 6.48. The van der Waals surface area contributed by atoms with E-state index in [0.29, 0.717) is 11.3 Å². The minimum absolute atomic E-state index is 0.365. The molecule has 2 aromatic rings. The zero-order valence-corrected chi connectivity index (χ0v) is 11.6. The van der Waals surface area contributed by atoms with Crippen LogP contribution in [0.25, 0.3) is 0 Å². The van der Waals surface area contributed by atoms with Crippen LogP contribution in [0, 0.1) is 0 Å². The van der Waals surface area contributed by atoms with E-state index in [0.717, 1.165) is 17.8 Å². The van der Waals surface area contributed by atoms with Crippen molar-refractivity contribution in [2.75, 3.05) is 18.2 Å². The molecule has 0 aliphatic heterocycles. The number of rotatable bonds is 4. The molecule has 0 atom stereocenters. The van der Waals surface area contributed by atoms with Gasteiger partial charge < -0.3 is 15.8 Å². The number of methoxy groups -OCH3 is 1. The van der Waals surface area contributed by atoms with Crippen LogP contribution in [0.15, 0.2) is 42.5 Å². The molecule has 0 aliphatic rings. The Labute approximate surface area is 118 Å². The number of hydrogen-bond acceptors (Lipinski definition) is 4. The topological polar surface area (TPSA) is 64.3 Å². The molecule has 3 N–H and O–H groups in total. The van der Waals surface area contributed by atoms with Crippen LogP contribution in [-0.2, 0) is 11.2 Å². The van der Waals surface area contributed by atoms with E-state index < -0.39 is 5.97 Å². The van der Waals surface area contributed by atoms with Crippen molar-refractivity contribution in [3.63, 3.8) is 0 Å². The maximum atomic E-state index is 11.6. The van der Waals surface area contributed by atoms with Gasteiger partial charge in [-0.2, -0.15) is 0 Å². The molecule has 0 fully saturated rings. The van der Waals surface area contributed by atoms with Gasteiger partial charge in [0.05, 0.1) is 12.7 Å². The second-order valence-electron chi connectivity index (χ2n) is 4.47. The number of carbonyl (C=O) groups excluding carboxylic acids is 1. The quantitative estimate of drug-likeness (QED) is 0.660. The van der Waals surface area contributed by atoms with Crippen LogP contribution in [0.5, 0.6) is 0 Å². The average molecular weight is 270 g/mol. The molecule has 2 aromatic carbocycles. The lowest BCUT2D eigenvalue weighted by molar-refractivity contribution is 0.0602. The Morgan fingerprint density at radius 3 is 2.65 bits per heavy atom. The van der Waals surface area contributed by atoms with E-state index in [4.69, 9.17) is 10.5 Å². The fourth-order valence-corrected chi connectivity index (χ4v) is 1.96. The first-order chi connectivity index (χ1) is 9.63. The van der Waals surface area contributed by atoms with Crippen molar-refractivity contribution in [1.82, 2.24) is 0 Å². The van der Waals surface area contributed by atoms with Crippen LogP contribution in [-0.4, -0.2) is 13.1 Å². The molecular formula is C16H18N2O2. The normalized spacial score (nSPS) is 10.1. The van der Waals surface area contributed by atoms with Gasteiger partial charge >= 0.3 is 5.97 Å². The van der Waals surface area contributed by atoms with Gasteiger partial charge in [0.25, 0.3) is 0 Å². The highest BCUT2D eigenvalue weighted by atomic mass is 16.5. The summed E-state index contributed by atoms with van der Waals surface area (Å²) in [5, 5.41) is 3.26. The SMILES string of the molecule is CCc1cccc(Nc2ccc(N)c(C(=O)OC)c2)c1. The summed E-state index contributed by atoms with van der Waals surface area (Å²) in [5.41, 5.74) is 9.57. The van der Waals surface area contributed by atoms with Crippen LogP contribution in [0.3, 0.4) is 0 Å².